The summed E-state index contributed by atoms with van der Waals surface area (Å²) in [4.78, 5) is 21.7. The third kappa shape index (κ3) is 11.9. The summed E-state index contributed by atoms with van der Waals surface area (Å²) >= 11 is 16.3. The molecule has 5 aliphatic rings. The second kappa shape index (κ2) is 23.1. The summed E-state index contributed by atoms with van der Waals surface area (Å²) in [6.07, 6.45) is 24.9. The number of ether oxygens (including phenoxy) is 4. The van der Waals surface area contributed by atoms with Crippen LogP contribution in [0.5, 0.6) is 28.7 Å². The molecule has 14 nitrogen and oxygen atoms in total. The number of benzene rings is 3. The Labute approximate surface area is 479 Å². The number of methoxy groups -OCH3 is 2. The van der Waals surface area contributed by atoms with E-state index in [1.165, 1.54) is 100 Å². The van der Waals surface area contributed by atoms with Crippen LogP contribution in [0, 0.1) is 18.8 Å². The number of anilines is 3. The molecule has 2 saturated carbocycles. The van der Waals surface area contributed by atoms with Gasteiger partial charge in [0.2, 0.25) is 0 Å². The number of imidazole rings is 3. The highest BCUT2D eigenvalue weighted by Crippen LogP contribution is 2.42. The Bertz CT molecular complexity index is 3650. The number of aryl methyl sites for hydroxylation is 1. The average molecular weight is 1170 g/mol. The fourth-order valence-electron chi connectivity index (χ4n) is 10.7. The first-order chi connectivity index (χ1) is 38.5. The lowest BCUT2D eigenvalue weighted by Crippen LogP contribution is -2.17. The normalized spacial score (nSPS) is 16.2. The van der Waals surface area contributed by atoms with Crippen molar-refractivity contribution in [1.29, 1.82) is 0 Å². The third-order valence-electron chi connectivity index (χ3n) is 15.7. The van der Waals surface area contributed by atoms with E-state index < -0.39 is 0 Å². The van der Waals surface area contributed by atoms with Crippen molar-refractivity contribution in [1.82, 2.24) is 28.2 Å². The summed E-state index contributed by atoms with van der Waals surface area (Å²) in [7, 11) is 3.14. The molecule has 79 heavy (non-hydrogen) atoms. The molecule has 0 unspecified atom stereocenters. The van der Waals surface area contributed by atoms with E-state index in [2.05, 4.69) is 118 Å². The number of aromatic hydroxyl groups is 1. The molecule has 9 aromatic rings. The number of halogens is 3. The number of phenolic OH excluding ortho intramolecular Hbond substituents is 1. The predicted molar refractivity (Wildman–Crippen MR) is 320 cm³/mol. The van der Waals surface area contributed by atoms with Gasteiger partial charge in [0.05, 0.1) is 54.6 Å². The van der Waals surface area contributed by atoms with E-state index in [9.17, 15) is 5.11 Å². The average Bonchev–Trinajstić information content (AvgIpc) is 4.10. The van der Waals surface area contributed by atoms with Gasteiger partial charge in [-0.15, -0.1) is 0 Å². The van der Waals surface area contributed by atoms with Crippen LogP contribution in [0.4, 0.5) is 17.1 Å². The Morgan fingerprint density at radius 3 is 1.30 bits per heavy atom. The summed E-state index contributed by atoms with van der Waals surface area (Å²) in [5.74, 6) is 4.26. The zero-order valence-electron chi connectivity index (χ0n) is 45.0. The minimum Gasteiger partial charge on any atom is -0.507 e. The van der Waals surface area contributed by atoms with E-state index in [1.807, 2.05) is 35.1 Å². The molecule has 17 heteroatoms. The molecule has 1 N–H and O–H groups in total. The smallest absolute Gasteiger partial charge is 0.141 e. The van der Waals surface area contributed by atoms with E-state index in [-0.39, 0.29) is 5.75 Å². The number of hydrogen-bond donors (Lipinski definition) is 1. The fraction of sp³-hybridized carbons (Fsp3) is 0.371. The van der Waals surface area contributed by atoms with Gasteiger partial charge in [-0.05, 0) is 131 Å². The predicted octanol–water partition coefficient (Wildman–Crippen LogP) is 14.5. The Balaban J connectivity index is 0.000000119. The molecule has 5 fully saturated rings. The van der Waals surface area contributed by atoms with Gasteiger partial charge in [0.15, 0.2) is 0 Å². The van der Waals surface area contributed by atoms with E-state index >= 15 is 0 Å². The summed E-state index contributed by atoms with van der Waals surface area (Å²) in [5, 5.41) is 11.3. The van der Waals surface area contributed by atoms with Crippen molar-refractivity contribution in [3.05, 3.63) is 130 Å². The van der Waals surface area contributed by atoms with E-state index in [0.29, 0.717) is 38.7 Å². The van der Waals surface area contributed by atoms with Gasteiger partial charge in [0.1, 0.15) is 45.7 Å². The largest absolute Gasteiger partial charge is 0.507 e. The van der Waals surface area contributed by atoms with Crippen LogP contribution in [0.2, 0.25) is 10.0 Å². The summed E-state index contributed by atoms with van der Waals surface area (Å²) < 4.78 is 30.0. The maximum absolute atomic E-state index is 10.3. The second-order valence-corrected chi connectivity index (χ2v) is 23.2. The minimum absolute atomic E-state index is 0.0967. The van der Waals surface area contributed by atoms with Crippen LogP contribution >= 0.6 is 39.1 Å². The molecule has 2 aliphatic carbocycles. The van der Waals surface area contributed by atoms with Crippen LogP contribution in [-0.2, 0) is 0 Å². The molecular formula is C62H66BrCl2N9O5. The topological polar surface area (TPSA) is 119 Å². The highest BCUT2D eigenvalue weighted by atomic mass is 79.9. The van der Waals surface area contributed by atoms with Crippen LogP contribution in [-0.4, -0.2) is 100.0 Å². The van der Waals surface area contributed by atoms with Crippen LogP contribution in [0.25, 0.3) is 50.7 Å². The zero-order valence-corrected chi connectivity index (χ0v) is 48.1. The first-order valence-electron chi connectivity index (χ1n) is 27.8. The monoisotopic (exact) mass is 1170 g/mol. The van der Waals surface area contributed by atoms with Gasteiger partial charge in [-0.1, -0.05) is 39.1 Å². The molecular weight excluding hydrogens is 1100 g/mol. The van der Waals surface area contributed by atoms with Gasteiger partial charge >= 0.3 is 0 Å². The number of aromatic nitrogens is 6. The Kier molecular flexibility index (Phi) is 15.5. The molecule has 6 aromatic heterocycles. The molecule has 0 bridgehead atoms. The van der Waals surface area contributed by atoms with Crippen molar-refractivity contribution in [3.63, 3.8) is 0 Å². The van der Waals surface area contributed by atoms with Crippen LogP contribution in [0.15, 0.2) is 114 Å². The summed E-state index contributed by atoms with van der Waals surface area (Å²) in [5.41, 5.74) is 12.7. The zero-order chi connectivity index (χ0) is 54.1. The quantitative estimate of drug-likeness (QED) is 0.112. The van der Waals surface area contributed by atoms with Crippen molar-refractivity contribution in [2.24, 2.45) is 11.8 Å². The van der Waals surface area contributed by atoms with Gasteiger partial charge in [0, 0.05) is 145 Å². The molecule has 3 aliphatic heterocycles. The standard InChI is InChI=1S/C22H24BrN3O.C22H24ClN3O2.C18H18ClN3O2/c1-15-10-21(27-14-16-4-5-16)18(12-19(15)23)20-13-26-9-6-17(11-22(26)24-20)25-7-2-3-8-25;1-27-21-12-20(28-14-15-4-5-15)17(11-18(21)23)19-13-26-9-6-16(10-22(26)24-19)25-7-2-3-8-25;1-24-17-10-16(23)13(9-14(17)19)15-11-22-7-4-12(8-18(22)20-15)21-5-2-3-6-21/h6,9-13,16H,2-5,7-8,14H2,1H3;6,9-13,15H,2-5,7-8,14H2,1H3;4,7-11,23H,2-3,5-6H2,1H3. The third-order valence-corrected chi connectivity index (χ3v) is 17.1. The maximum Gasteiger partial charge on any atom is 0.141 e. The lowest BCUT2D eigenvalue weighted by atomic mass is 10.1. The molecule has 410 valence electrons. The van der Waals surface area contributed by atoms with E-state index in [4.69, 9.17) is 52.1 Å². The molecule has 0 spiro atoms. The number of phenols is 1. The molecule has 0 amide bonds. The van der Waals surface area contributed by atoms with Crippen molar-refractivity contribution >= 4 is 73.1 Å². The molecule has 0 atom stereocenters. The van der Waals surface area contributed by atoms with Gasteiger partial charge in [-0.25, -0.2) is 15.0 Å². The van der Waals surface area contributed by atoms with Gasteiger partial charge in [-0.2, -0.15) is 0 Å². The first-order valence-corrected chi connectivity index (χ1v) is 29.3. The molecule has 14 rings (SSSR count). The number of rotatable bonds is 14. The number of nitrogens with zero attached hydrogens (tertiary/aromatic N) is 9. The van der Waals surface area contributed by atoms with Gasteiger partial charge < -0.3 is 52.0 Å². The summed E-state index contributed by atoms with van der Waals surface area (Å²) in [6.45, 7) is 10.4. The van der Waals surface area contributed by atoms with E-state index in [0.717, 1.165) is 114 Å². The molecule has 3 aromatic carbocycles. The minimum atomic E-state index is 0.0967. The fourth-order valence-corrected chi connectivity index (χ4v) is 11.5. The van der Waals surface area contributed by atoms with Gasteiger partial charge in [-0.3, -0.25) is 0 Å². The van der Waals surface area contributed by atoms with Crippen molar-refractivity contribution in [2.45, 2.75) is 71.1 Å². The highest BCUT2D eigenvalue weighted by molar-refractivity contribution is 9.10. The van der Waals surface area contributed by atoms with Crippen LogP contribution in [0.3, 0.4) is 0 Å². The second-order valence-electron chi connectivity index (χ2n) is 21.5. The van der Waals surface area contributed by atoms with Gasteiger partial charge in [0.25, 0.3) is 0 Å². The highest BCUT2D eigenvalue weighted by Gasteiger charge is 2.26. The molecule has 3 saturated heterocycles. The number of fused-ring (bicyclic) bond motifs is 3. The molecule has 9 heterocycles. The van der Waals surface area contributed by atoms with E-state index in [1.54, 1.807) is 13.2 Å². The van der Waals surface area contributed by atoms with Crippen molar-refractivity contribution in [3.8, 4) is 62.5 Å². The Hall–Kier alpha value is -6.81. The Morgan fingerprint density at radius 2 is 0.886 bits per heavy atom. The number of hydrogen-bond acceptors (Lipinski definition) is 11. The maximum atomic E-state index is 10.3. The van der Waals surface area contributed by atoms with Crippen LogP contribution in [0.1, 0.15) is 69.8 Å². The lowest BCUT2D eigenvalue weighted by molar-refractivity contribution is 0.299. The lowest BCUT2D eigenvalue weighted by Gasteiger charge is -2.17. The SMILES string of the molecule is COc1cc(O)c(-c2cn3ccc(N4CCCC4)cc3n2)cc1Cl.COc1cc(OCC2CC2)c(-c2cn3ccc(N4CCCC4)cc3n2)cc1Cl.Cc1cc(OCC2CC2)c(-c2cn3ccc(N4CCCC4)cc3n2)cc1Br. The molecule has 0 radical (unpaired) electrons. The van der Waals surface area contributed by atoms with Crippen molar-refractivity contribution < 1.29 is 24.1 Å². The Morgan fingerprint density at radius 1 is 0.506 bits per heavy atom. The summed E-state index contributed by atoms with van der Waals surface area (Å²) in [6, 6.07) is 24.1. The number of pyridine rings is 3. The van der Waals surface area contributed by atoms with Crippen LogP contribution < -0.4 is 33.6 Å². The van der Waals surface area contributed by atoms with Crippen molar-refractivity contribution in [2.75, 3.05) is 81.4 Å². The first kappa shape index (κ1) is 52.9.